The van der Waals surface area contributed by atoms with Crippen molar-refractivity contribution in [1.29, 1.82) is 0 Å². The summed E-state index contributed by atoms with van der Waals surface area (Å²) in [5.74, 6) is 1.16. The molecule has 3 aromatic carbocycles. The quantitative estimate of drug-likeness (QED) is 0.508. The molecule has 0 amide bonds. The minimum atomic E-state index is -0.440. The fourth-order valence-corrected chi connectivity index (χ4v) is 5.68. The minimum Gasteiger partial charge on any atom is -0.508 e. The molecule has 2 aliphatic heterocycles. The van der Waals surface area contributed by atoms with Gasteiger partial charge in [0.25, 0.3) is 0 Å². The zero-order chi connectivity index (χ0) is 23.8. The van der Waals surface area contributed by atoms with Crippen LogP contribution in [0.25, 0.3) is 16.3 Å². The van der Waals surface area contributed by atoms with E-state index in [2.05, 4.69) is 52.3 Å². The van der Waals surface area contributed by atoms with Crippen LogP contribution in [-0.2, 0) is 0 Å². The number of allylic oxidation sites excluding steroid dienone is 2. The third-order valence-electron chi connectivity index (χ3n) is 7.48. The Balaban J connectivity index is 1.30. The maximum Gasteiger partial charge on any atom is 0.119 e. The number of anilines is 2. The summed E-state index contributed by atoms with van der Waals surface area (Å²) < 4.78 is 6.06. The summed E-state index contributed by atoms with van der Waals surface area (Å²) in [7, 11) is 0. The number of rotatable bonds is 5. The van der Waals surface area contributed by atoms with Crippen LogP contribution in [-0.4, -0.2) is 54.0 Å². The summed E-state index contributed by atoms with van der Waals surface area (Å²) in [5, 5.41) is 22.4. The van der Waals surface area contributed by atoms with Crippen molar-refractivity contribution < 1.29 is 14.9 Å². The Morgan fingerprint density at radius 3 is 2.60 bits per heavy atom. The van der Waals surface area contributed by atoms with Gasteiger partial charge in [-0.25, -0.2) is 0 Å². The Morgan fingerprint density at radius 1 is 0.943 bits per heavy atom. The van der Waals surface area contributed by atoms with Gasteiger partial charge in [-0.3, -0.25) is 4.90 Å². The van der Waals surface area contributed by atoms with Crippen molar-refractivity contribution in [2.75, 3.05) is 37.7 Å². The SMILES string of the molecule is Oc1ccc2c3c(ccc2c1)C1=C(CC(O)C=C1)CN3c1ccc(OCCN2CCCCC2)cc1. The summed E-state index contributed by atoms with van der Waals surface area (Å²) in [4.78, 5) is 4.82. The van der Waals surface area contributed by atoms with Crippen LogP contribution in [0.4, 0.5) is 11.4 Å². The molecule has 2 N–H and O–H groups in total. The third kappa shape index (κ3) is 4.42. The second-order valence-corrected chi connectivity index (χ2v) is 9.85. The highest BCUT2D eigenvalue weighted by Crippen LogP contribution is 2.46. The van der Waals surface area contributed by atoms with Crippen LogP contribution in [0.3, 0.4) is 0 Å². The molecule has 35 heavy (non-hydrogen) atoms. The highest BCUT2D eigenvalue weighted by molar-refractivity contribution is 6.05. The van der Waals surface area contributed by atoms with E-state index in [1.807, 2.05) is 18.2 Å². The van der Waals surface area contributed by atoms with E-state index in [0.29, 0.717) is 13.0 Å². The van der Waals surface area contributed by atoms with Crippen LogP contribution in [0.1, 0.15) is 31.2 Å². The lowest BCUT2D eigenvalue weighted by molar-refractivity contribution is 0.183. The number of phenolic OH excluding ortho intramolecular Hbond substituents is 1. The zero-order valence-electron chi connectivity index (χ0n) is 20.0. The Hall–Kier alpha value is -3.28. The molecule has 1 fully saturated rings. The second kappa shape index (κ2) is 9.40. The fraction of sp³-hybridized carbons (Fsp3) is 0.333. The first kappa shape index (κ1) is 22.2. The van der Waals surface area contributed by atoms with Crippen molar-refractivity contribution in [3.05, 3.63) is 77.9 Å². The van der Waals surface area contributed by atoms with Gasteiger partial charge in [0.2, 0.25) is 0 Å². The molecule has 0 radical (unpaired) electrons. The number of hydrogen-bond acceptors (Lipinski definition) is 5. The first-order chi connectivity index (χ1) is 17.2. The molecule has 2 heterocycles. The topological polar surface area (TPSA) is 56.2 Å². The van der Waals surface area contributed by atoms with Crippen LogP contribution < -0.4 is 9.64 Å². The number of nitrogens with zero attached hydrogens (tertiary/aromatic N) is 2. The Labute approximate surface area is 206 Å². The first-order valence-electron chi connectivity index (χ1n) is 12.7. The van der Waals surface area contributed by atoms with E-state index >= 15 is 0 Å². The smallest absolute Gasteiger partial charge is 0.119 e. The van der Waals surface area contributed by atoms with Crippen LogP contribution in [0.15, 0.2) is 72.3 Å². The van der Waals surface area contributed by atoms with Crippen molar-refractivity contribution in [1.82, 2.24) is 4.90 Å². The van der Waals surface area contributed by atoms with E-state index in [1.54, 1.807) is 6.07 Å². The summed E-state index contributed by atoms with van der Waals surface area (Å²) >= 11 is 0. The molecule has 0 saturated carbocycles. The van der Waals surface area contributed by atoms with Gasteiger partial charge in [0.05, 0.1) is 11.8 Å². The maximum absolute atomic E-state index is 10.3. The number of aliphatic hydroxyl groups is 1. The number of benzene rings is 3. The highest BCUT2D eigenvalue weighted by Gasteiger charge is 2.29. The van der Waals surface area contributed by atoms with E-state index in [4.69, 9.17) is 4.74 Å². The fourth-order valence-electron chi connectivity index (χ4n) is 5.68. The molecule has 180 valence electrons. The van der Waals surface area contributed by atoms with Gasteiger partial charge in [-0.1, -0.05) is 30.7 Å². The standard InChI is InChI=1S/C30H32N2O3/c33-24-8-13-28-21(18-24)4-11-29-27-12-7-25(34)19-22(27)20-32(30(28)29)23-5-9-26(10-6-23)35-17-16-31-14-2-1-3-15-31/h4-13,18,25,33-34H,1-3,14-17,19-20H2. The lowest BCUT2D eigenvalue weighted by Gasteiger charge is -2.37. The zero-order valence-corrected chi connectivity index (χ0v) is 20.0. The van der Waals surface area contributed by atoms with Crippen molar-refractivity contribution in [2.45, 2.75) is 31.8 Å². The number of aliphatic hydroxyl groups excluding tert-OH is 1. The number of likely N-dealkylation sites (tertiary alicyclic amines) is 1. The Kier molecular flexibility index (Phi) is 5.96. The summed E-state index contributed by atoms with van der Waals surface area (Å²) in [6.07, 6.45) is 8.09. The number of hydrogen-bond donors (Lipinski definition) is 2. The molecular formula is C30H32N2O3. The second-order valence-electron chi connectivity index (χ2n) is 9.85. The predicted molar refractivity (Wildman–Crippen MR) is 142 cm³/mol. The third-order valence-corrected chi connectivity index (χ3v) is 7.48. The van der Waals surface area contributed by atoms with Crippen LogP contribution in [0.5, 0.6) is 11.5 Å². The van der Waals surface area contributed by atoms with E-state index in [9.17, 15) is 10.2 Å². The molecule has 1 saturated heterocycles. The lowest BCUT2D eigenvalue weighted by Crippen LogP contribution is -2.33. The van der Waals surface area contributed by atoms with Gasteiger partial charge in [-0.15, -0.1) is 0 Å². The van der Waals surface area contributed by atoms with E-state index in [1.165, 1.54) is 43.5 Å². The van der Waals surface area contributed by atoms with Gasteiger partial charge in [0.15, 0.2) is 0 Å². The molecule has 3 aromatic rings. The molecular weight excluding hydrogens is 436 g/mol. The average Bonchev–Trinajstić information content (AvgIpc) is 2.88. The largest absolute Gasteiger partial charge is 0.508 e. The van der Waals surface area contributed by atoms with E-state index < -0.39 is 6.10 Å². The molecule has 6 rings (SSSR count). The van der Waals surface area contributed by atoms with E-state index in [-0.39, 0.29) is 5.75 Å². The molecule has 5 nitrogen and oxygen atoms in total. The van der Waals surface area contributed by atoms with Crippen LogP contribution in [0, 0.1) is 0 Å². The molecule has 5 heteroatoms. The highest BCUT2D eigenvalue weighted by atomic mass is 16.5. The normalized spacial score (nSPS) is 20.1. The summed E-state index contributed by atoms with van der Waals surface area (Å²) in [6, 6.07) is 18.1. The monoisotopic (exact) mass is 468 g/mol. The minimum absolute atomic E-state index is 0.270. The summed E-state index contributed by atoms with van der Waals surface area (Å²) in [6.45, 7) is 4.78. The van der Waals surface area contributed by atoms with Crippen LogP contribution >= 0.6 is 0 Å². The number of fused-ring (bicyclic) bond motifs is 4. The van der Waals surface area contributed by atoms with Gasteiger partial charge >= 0.3 is 0 Å². The van der Waals surface area contributed by atoms with Gasteiger partial charge in [0, 0.05) is 36.1 Å². The molecule has 1 aliphatic carbocycles. The molecule has 0 spiro atoms. The van der Waals surface area contributed by atoms with E-state index in [0.717, 1.165) is 46.5 Å². The average molecular weight is 469 g/mol. The van der Waals surface area contributed by atoms with Gasteiger partial charge in [-0.05, 0) is 84.9 Å². The van der Waals surface area contributed by atoms with Gasteiger partial charge in [0.1, 0.15) is 18.1 Å². The number of phenols is 1. The molecule has 1 unspecified atom stereocenters. The predicted octanol–water partition coefficient (Wildman–Crippen LogP) is 5.64. The number of piperidine rings is 1. The number of ether oxygens (including phenoxy) is 1. The maximum atomic E-state index is 10.3. The van der Waals surface area contributed by atoms with Crippen molar-refractivity contribution in [3.8, 4) is 11.5 Å². The Bertz CT molecular complexity index is 1290. The lowest BCUT2D eigenvalue weighted by atomic mass is 9.85. The van der Waals surface area contributed by atoms with Gasteiger partial charge in [-0.2, -0.15) is 0 Å². The summed E-state index contributed by atoms with van der Waals surface area (Å²) in [5.41, 5.74) is 5.84. The van der Waals surface area contributed by atoms with Crippen molar-refractivity contribution in [2.24, 2.45) is 0 Å². The van der Waals surface area contributed by atoms with Crippen molar-refractivity contribution in [3.63, 3.8) is 0 Å². The Morgan fingerprint density at radius 2 is 1.77 bits per heavy atom. The molecule has 0 bridgehead atoms. The molecule has 0 aromatic heterocycles. The number of aromatic hydroxyl groups is 1. The first-order valence-corrected chi connectivity index (χ1v) is 12.7. The van der Waals surface area contributed by atoms with Crippen LogP contribution in [0.2, 0.25) is 0 Å². The molecule has 3 aliphatic rings. The van der Waals surface area contributed by atoms with Crippen molar-refractivity contribution >= 4 is 27.7 Å². The van der Waals surface area contributed by atoms with Gasteiger partial charge < -0.3 is 19.8 Å². The molecule has 1 atom stereocenters.